The van der Waals surface area contributed by atoms with Gasteiger partial charge in [0.15, 0.2) is 5.82 Å². The highest BCUT2D eigenvalue weighted by Gasteiger charge is 2.26. The van der Waals surface area contributed by atoms with E-state index in [1.165, 1.54) is 12.8 Å². The van der Waals surface area contributed by atoms with Gasteiger partial charge in [-0.1, -0.05) is 16.8 Å². The van der Waals surface area contributed by atoms with Gasteiger partial charge in [-0.25, -0.2) is 4.98 Å². The highest BCUT2D eigenvalue weighted by Crippen LogP contribution is 2.37. The Hall–Kier alpha value is -3.48. The zero-order chi connectivity index (χ0) is 18.2. The average Bonchev–Trinajstić information content (AvgIpc) is 3.25. The molecule has 0 atom stereocenters. The fraction of sp³-hybridized carbons (Fsp3) is 0.200. The molecular formula is C20H20N7+. The molecule has 5 rings (SSSR count). The largest absolute Gasteiger partial charge is 0.334 e. The third-order valence-corrected chi connectivity index (χ3v) is 4.83. The molecule has 0 radical (unpaired) electrons. The molecule has 0 bridgehead atoms. The van der Waals surface area contributed by atoms with Crippen LogP contribution in [0.2, 0.25) is 0 Å². The lowest BCUT2D eigenvalue weighted by molar-refractivity contribution is -0.642. The van der Waals surface area contributed by atoms with Crippen molar-refractivity contribution in [3.8, 4) is 22.6 Å². The van der Waals surface area contributed by atoms with Crippen molar-refractivity contribution in [3.05, 3.63) is 67.6 Å². The smallest absolute Gasteiger partial charge is 0.200 e. The van der Waals surface area contributed by atoms with Crippen LogP contribution in [0.1, 0.15) is 18.9 Å². The van der Waals surface area contributed by atoms with Crippen LogP contribution in [-0.4, -0.2) is 24.3 Å². The standard InChI is InChI=1S/C20H20N7/c1-25-13-21-12-19(25)15-7-9-26(10-8-15)24-17-4-2-3-16(11-17)20-23-22-14-27(20)18-5-6-18/h2-4,7-14,18,24H,5-6H2,1H3/q+1. The van der Waals surface area contributed by atoms with Gasteiger partial charge >= 0.3 is 0 Å². The van der Waals surface area contributed by atoms with Crippen LogP contribution >= 0.6 is 0 Å². The molecule has 7 heteroatoms. The van der Waals surface area contributed by atoms with Gasteiger partial charge in [-0.3, -0.25) is 0 Å². The first-order valence-corrected chi connectivity index (χ1v) is 9.03. The quantitative estimate of drug-likeness (QED) is 0.557. The minimum absolute atomic E-state index is 0.556. The van der Waals surface area contributed by atoms with Gasteiger partial charge in [-0.15, -0.1) is 10.2 Å². The van der Waals surface area contributed by atoms with Gasteiger partial charge in [-0.05, 0) is 25.0 Å². The van der Waals surface area contributed by atoms with Gasteiger partial charge in [0.05, 0.1) is 23.9 Å². The third kappa shape index (κ3) is 3.08. The van der Waals surface area contributed by atoms with Crippen LogP contribution < -0.4 is 10.1 Å². The summed E-state index contributed by atoms with van der Waals surface area (Å²) in [6.07, 6.45) is 11.9. The van der Waals surface area contributed by atoms with E-state index < -0.39 is 0 Å². The number of hydrogen-bond acceptors (Lipinski definition) is 4. The lowest BCUT2D eigenvalue weighted by Crippen LogP contribution is -2.41. The SMILES string of the molecule is Cn1cncc1-c1cc[n+](Nc2cccc(-c3nncn3C3CC3)c2)cc1. The van der Waals surface area contributed by atoms with Gasteiger partial charge in [0.1, 0.15) is 6.33 Å². The molecule has 3 heterocycles. The second-order valence-electron chi connectivity index (χ2n) is 6.87. The maximum absolute atomic E-state index is 4.31. The number of pyridine rings is 1. The molecule has 1 fully saturated rings. The fourth-order valence-corrected chi connectivity index (χ4v) is 3.25. The summed E-state index contributed by atoms with van der Waals surface area (Å²) in [7, 11) is 1.99. The Bertz CT molecular complexity index is 1070. The zero-order valence-electron chi connectivity index (χ0n) is 15.0. The van der Waals surface area contributed by atoms with Crippen LogP contribution in [0.5, 0.6) is 0 Å². The van der Waals surface area contributed by atoms with Gasteiger partial charge in [-0.2, -0.15) is 5.43 Å². The Kier molecular flexibility index (Phi) is 3.71. The van der Waals surface area contributed by atoms with Crippen molar-refractivity contribution < 1.29 is 4.68 Å². The molecule has 0 aliphatic heterocycles. The Morgan fingerprint density at radius 1 is 1.07 bits per heavy atom. The summed E-state index contributed by atoms with van der Waals surface area (Å²) in [6.45, 7) is 0. The van der Waals surface area contributed by atoms with Crippen LogP contribution in [0, 0.1) is 0 Å². The van der Waals surface area contributed by atoms with Crippen LogP contribution in [-0.2, 0) is 7.05 Å². The number of benzene rings is 1. The third-order valence-electron chi connectivity index (χ3n) is 4.83. The van der Waals surface area contributed by atoms with E-state index in [2.05, 4.69) is 49.4 Å². The predicted molar refractivity (Wildman–Crippen MR) is 102 cm³/mol. The molecule has 0 unspecified atom stereocenters. The molecule has 134 valence electrons. The molecule has 7 nitrogen and oxygen atoms in total. The zero-order valence-corrected chi connectivity index (χ0v) is 15.0. The van der Waals surface area contributed by atoms with E-state index in [1.807, 2.05) is 53.3 Å². The van der Waals surface area contributed by atoms with Crippen molar-refractivity contribution in [3.63, 3.8) is 0 Å². The summed E-state index contributed by atoms with van der Waals surface area (Å²) < 4.78 is 6.12. The highest BCUT2D eigenvalue weighted by molar-refractivity contribution is 5.62. The summed E-state index contributed by atoms with van der Waals surface area (Å²) in [5, 5.41) is 8.41. The number of aromatic nitrogens is 6. The first-order chi connectivity index (χ1) is 13.3. The molecule has 0 saturated heterocycles. The summed E-state index contributed by atoms with van der Waals surface area (Å²) in [4.78, 5) is 4.17. The molecule has 1 N–H and O–H groups in total. The van der Waals surface area contributed by atoms with Gasteiger partial charge in [0, 0.05) is 36.3 Å². The molecule has 1 aromatic carbocycles. The van der Waals surface area contributed by atoms with Crippen molar-refractivity contribution in [1.82, 2.24) is 24.3 Å². The van der Waals surface area contributed by atoms with E-state index in [9.17, 15) is 0 Å². The Morgan fingerprint density at radius 3 is 2.67 bits per heavy atom. The van der Waals surface area contributed by atoms with Crippen LogP contribution in [0.3, 0.4) is 0 Å². The van der Waals surface area contributed by atoms with Gasteiger partial charge < -0.3 is 9.13 Å². The second kappa shape index (κ2) is 6.35. The number of imidazole rings is 1. The second-order valence-corrected chi connectivity index (χ2v) is 6.87. The van der Waals surface area contributed by atoms with E-state index in [0.717, 1.165) is 28.3 Å². The molecule has 1 saturated carbocycles. The van der Waals surface area contributed by atoms with E-state index in [-0.39, 0.29) is 0 Å². The molecule has 27 heavy (non-hydrogen) atoms. The van der Waals surface area contributed by atoms with Crippen LogP contribution in [0.4, 0.5) is 5.69 Å². The lowest BCUT2D eigenvalue weighted by Gasteiger charge is -2.07. The molecule has 0 amide bonds. The van der Waals surface area contributed by atoms with E-state index >= 15 is 0 Å². The normalized spacial score (nSPS) is 13.7. The number of anilines is 1. The topological polar surface area (TPSA) is 64.4 Å². The molecular weight excluding hydrogens is 338 g/mol. The summed E-state index contributed by atoms with van der Waals surface area (Å²) in [5.41, 5.74) is 7.67. The average molecular weight is 358 g/mol. The molecule has 4 aromatic rings. The van der Waals surface area contributed by atoms with Crippen molar-refractivity contribution in [1.29, 1.82) is 0 Å². The predicted octanol–water partition coefficient (Wildman–Crippen LogP) is 2.84. The van der Waals surface area contributed by atoms with Crippen molar-refractivity contribution in [2.24, 2.45) is 7.05 Å². The summed E-state index contributed by atoms with van der Waals surface area (Å²) in [6, 6.07) is 12.9. The van der Waals surface area contributed by atoms with Gasteiger partial charge in [0.25, 0.3) is 0 Å². The lowest BCUT2D eigenvalue weighted by atomic mass is 10.2. The maximum Gasteiger partial charge on any atom is 0.200 e. The Morgan fingerprint density at radius 2 is 1.93 bits per heavy atom. The first-order valence-electron chi connectivity index (χ1n) is 9.03. The van der Waals surface area contributed by atoms with E-state index in [4.69, 9.17) is 0 Å². The number of nitrogens with zero attached hydrogens (tertiary/aromatic N) is 6. The summed E-state index contributed by atoms with van der Waals surface area (Å²) >= 11 is 0. The molecule has 3 aromatic heterocycles. The van der Waals surface area contributed by atoms with Crippen LogP contribution in [0.25, 0.3) is 22.6 Å². The Balaban J connectivity index is 1.38. The monoisotopic (exact) mass is 358 g/mol. The van der Waals surface area contributed by atoms with Crippen molar-refractivity contribution >= 4 is 5.69 Å². The van der Waals surface area contributed by atoms with Crippen molar-refractivity contribution in [2.75, 3.05) is 5.43 Å². The van der Waals surface area contributed by atoms with E-state index in [0.29, 0.717) is 6.04 Å². The number of hydrogen-bond donors (Lipinski definition) is 1. The van der Waals surface area contributed by atoms with E-state index in [1.54, 1.807) is 6.33 Å². The minimum Gasteiger partial charge on any atom is -0.334 e. The molecule has 0 spiro atoms. The number of nitrogens with one attached hydrogen (secondary N) is 1. The Labute approximate surface area is 156 Å². The minimum atomic E-state index is 0.556. The number of rotatable bonds is 5. The summed E-state index contributed by atoms with van der Waals surface area (Å²) in [5.74, 6) is 0.928. The maximum atomic E-state index is 4.31. The van der Waals surface area contributed by atoms with Crippen molar-refractivity contribution in [2.45, 2.75) is 18.9 Å². The van der Waals surface area contributed by atoms with Crippen LogP contribution in [0.15, 0.2) is 67.6 Å². The molecule has 1 aliphatic carbocycles. The van der Waals surface area contributed by atoms with Gasteiger partial charge in [0.2, 0.25) is 12.4 Å². The highest BCUT2D eigenvalue weighted by atomic mass is 15.4. The fourth-order valence-electron chi connectivity index (χ4n) is 3.25. The first kappa shape index (κ1) is 15.7. The number of aryl methyl sites for hydroxylation is 1. The molecule has 1 aliphatic rings.